The number of ketones is 1. The smallest absolute Gasteiger partial charge is 0.235 e. The minimum Gasteiger partial charge on any atom is -0.508 e. The Morgan fingerprint density at radius 2 is 1.93 bits per heavy atom. The fourth-order valence-electron chi connectivity index (χ4n) is 6.99. The number of benzene rings is 1. The molecule has 7 nitrogen and oxygen atoms in total. The van der Waals surface area contributed by atoms with Crippen molar-refractivity contribution in [3.8, 4) is 17.2 Å². The van der Waals surface area contributed by atoms with Gasteiger partial charge >= 0.3 is 0 Å². The van der Waals surface area contributed by atoms with Crippen LogP contribution in [0.4, 0.5) is 0 Å². The minimum atomic E-state index is -1.56. The number of piperidine rings is 1. The van der Waals surface area contributed by atoms with Crippen LogP contribution < -0.4 is 4.74 Å². The van der Waals surface area contributed by atoms with Crippen LogP contribution in [0.2, 0.25) is 0 Å². The Bertz CT molecular complexity index is 944. The fourth-order valence-corrected chi connectivity index (χ4v) is 6.99. The van der Waals surface area contributed by atoms with Crippen LogP contribution in [0.15, 0.2) is 6.07 Å². The van der Waals surface area contributed by atoms with E-state index in [1.54, 1.807) is 0 Å². The van der Waals surface area contributed by atoms with Gasteiger partial charge in [0.25, 0.3) is 0 Å². The van der Waals surface area contributed by atoms with E-state index in [1.807, 2.05) is 7.05 Å². The van der Waals surface area contributed by atoms with Crippen LogP contribution >= 0.6 is 0 Å². The average Bonchev–Trinajstić information content (AvgIpc) is 3.36. The lowest BCUT2D eigenvalue weighted by molar-refractivity contribution is -1.00. The topological polar surface area (TPSA) is 107 Å². The minimum absolute atomic E-state index is 0. The maximum atomic E-state index is 12.8. The van der Waals surface area contributed by atoms with Gasteiger partial charge in [-0.3, -0.25) is 9.28 Å². The largest absolute Gasteiger partial charge is 0.508 e. The van der Waals surface area contributed by atoms with Gasteiger partial charge in [0.05, 0.1) is 32.0 Å². The number of hydrogen-bond acceptors (Lipinski definition) is 6. The highest BCUT2D eigenvalue weighted by Crippen LogP contribution is 2.69. The van der Waals surface area contributed by atoms with E-state index in [4.69, 9.17) is 4.74 Å². The van der Waals surface area contributed by atoms with Crippen molar-refractivity contribution in [1.82, 2.24) is 0 Å². The number of carbonyl (C=O) groups excluding carboxylic acids is 1. The van der Waals surface area contributed by atoms with Gasteiger partial charge in [-0.25, -0.2) is 0 Å². The quantitative estimate of drug-likeness (QED) is 0.436. The summed E-state index contributed by atoms with van der Waals surface area (Å²) in [6.07, 6.45) is 2.17. The van der Waals surface area contributed by atoms with Crippen LogP contribution in [-0.4, -0.2) is 68.3 Å². The second-order valence-corrected chi connectivity index (χ2v) is 9.88. The number of quaternary nitrogens is 1. The normalized spacial score (nSPS) is 44.0. The van der Waals surface area contributed by atoms with Crippen LogP contribution in [0, 0.1) is 13.3 Å². The van der Waals surface area contributed by atoms with E-state index in [0.717, 1.165) is 19.4 Å². The van der Waals surface area contributed by atoms with Gasteiger partial charge < -0.3 is 32.6 Å². The molecule has 1 aromatic carbocycles. The molecule has 7 heteroatoms. The zero-order chi connectivity index (χ0) is 19.7. The van der Waals surface area contributed by atoms with E-state index in [1.165, 1.54) is 6.07 Å². The zero-order valence-electron chi connectivity index (χ0n) is 16.9. The molecule has 3 fully saturated rings. The van der Waals surface area contributed by atoms with Gasteiger partial charge in [-0.1, -0.05) is 0 Å². The molecular formula is C22H29NO6. The number of aliphatic hydroxyl groups is 2. The van der Waals surface area contributed by atoms with Gasteiger partial charge in [-0.2, -0.15) is 0 Å². The van der Waals surface area contributed by atoms with Crippen molar-refractivity contribution < 1.29 is 34.4 Å². The molecule has 0 radical (unpaired) electrons. The molecule has 1 aromatic rings. The first-order valence-electron chi connectivity index (χ1n) is 10.2. The number of phenols is 2. The first-order valence-corrected chi connectivity index (χ1v) is 10.2. The Hall–Kier alpha value is -1.83. The van der Waals surface area contributed by atoms with Crippen LogP contribution in [0.3, 0.4) is 0 Å². The van der Waals surface area contributed by atoms with Gasteiger partial charge in [0.1, 0.15) is 5.75 Å². The van der Waals surface area contributed by atoms with E-state index < -0.39 is 22.8 Å². The van der Waals surface area contributed by atoms with Gasteiger partial charge in [0, 0.05) is 36.0 Å². The molecule has 5 aliphatic rings. The molecule has 5 atom stereocenters. The Balaban J connectivity index is 0.00000181. The number of Topliss-reactive ketones (excluding diaryl/α,β-unsaturated/α-hetero) is 1. The van der Waals surface area contributed by atoms with Crippen molar-refractivity contribution in [1.29, 1.82) is 0 Å². The Morgan fingerprint density at radius 3 is 2.62 bits per heavy atom. The summed E-state index contributed by atoms with van der Waals surface area (Å²) in [5.74, 6) is 0.276. The molecule has 2 heterocycles. The zero-order valence-corrected chi connectivity index (χ0v) is 16.9. The molecule has 29 heavy (non-hydrogen) atoms. The summed E-state index contributed by atoms with van der Waals surface area (Å²) >= 11 is 0. The highest BCUT2D eigenvalue weighted by atomic mass is 16.5. The Morgan fingerprint density at radius 1 is 1.21 bits per heavy atom. The van der Waals surface area contributed by atoms with Crippen LogP contribution in [-0.2, 0) is 16.6 Å². The number of hydrogen-bond donors (Lipinski definition) is 4. The fraction of sp³-hybridized carbons (Fsp3) is 0.636. The summed E-state index contributed by atoms with van der Waals surface area (Å²) in [6, 6.07) is 1.22. The van der Waals surface area contributed by atoms with Crippen molar-refractivity contribution in [3.05, 3.63) is 24.6 Å². The van der Waals surface area contributed by atoms with Crippen LogP contribution in [0.1, 0.15) is 43.2 Å². The predicted molar refractivity (Wildman–Crippen MR) is 103 cm³/mol. The molecule has 1 spiro atoms. The summed E-state index contributed by atoms with van der Waals surface area (Å²) in [5, 5.41) is 45.4. The molecule has 0 aromatic heterocycles. The summed E-state index contributed by atoms with van der Waals surface area (Å²) in [5.41, 5.74) is -3.18. The van der Waals surface area contributed by atoms with E-state index in [9.17, 15) is 25.2 Å². The highest BCUT2D eigenvalue weighted by Gasteiger charge is 2.82. The molecule has 2 aliphatic heterocycles. The molecule has 158 valence electrons. The number of phenolic OH excluding ortho intramolecular Hbond substituents is 2. The van der Waals surface area contributed by atoms with Crippen molar-refractivity contribution in [2.75, 3.05) is 20.1 Å². The number of likely N-dealkylation sites (tertiary alicyclic amines) is 1. The van der Waals surface area contributed by atoms with Crippen molar-refractivity contribution >= 4 is 5.78 Å². The third kappa shape index (κ3) is 1.84. The Kier molecular flexibility index (Phi) is 3.47. The van der Waals surface area contributed by atoms with Crippen LogP contribution in [0.5, 0.6) is 17.2 Å². The first-order chi connectivity index (χ1) is 13.2. The molecule has 2 saturated carbocycles. The lowest BCUT2D eigenvalue weighted by Crippen LogP contribution is -2.87. The summed E-state index contributed by atoms with van der Waals surface area (Å²) in [7, 11) is 1.99. The second-order valence-electron chi connectivity index (χ2n) is 9.88. The molecule has 1 saturated heterocycles. The number of rotatable bonds is 2. The van der Waals surface area contributed by atoms with Crippen LogP contribution in [0.25, 0.3) is 0 Å². The highest BCUT2D eigenvalue weighted by molar-refractivity contribution is 5.90. The third-order valence-electron chi connectivity index (χ3n) is 8.57. The third-order valence-corrected chi connectivity index (χ3v) is 8.57. The molecule has 4 N–H and O–H groups in total. The Labute approximate surface area is 170 Å². The number of aromatic hydroxyl groups is 2. The number of likely N-dealkylation sites (N-methyl/N-ethyl adjacent to an activating group) is 1. The van der Waals surface area contributed by atoms with Crippen molar-refractivity contribution in [2.45, 2.75) is 61.4 Å². The maximum Gasteiger partial charge on any atom is 0.235 e. The molecular weight excluding hydrogens is 374 g/mol. The molecule has 6 rings (SSSR count). The molecule has 0 unspecified atom stereocenters. The number of nitrogens with zero attached hydrogens (tertiary/aromatic N) is 1. The number of carbonyl (C=O) groups is 1. The molecule has 0 amide bonds. The molecule has 3 aliphatic carbocycles. The van der Waals surface area contributed by atoms with E-state index in [-0.39, 0.29) is 49.7 Å². The lowest BCUT2D eigenvalue weighted by atomic mass is 9.47. The van der Waals surface area contributed by atoms with E-state index >= 15 is 0 Å². The monoisotopic (exact) mass is 403 g/mol. The first kappa shape index (κ1) is 19.2. The van der Waals surface area contributed by atoms with Gasteiger partial charge in [0.2, 0.25) is 5.72 Å². The molecule has 2 bridgehead atoms. The average molecular weight is 403 g/mol. The standard InChI is InChI=1S/C21H25NO6.CH3/c1-22(10-11-2-3-11)7-6-19-16-12-9-21(22,27)20(19,26)5-4-13(23)18(19)28-17(16)15(25)8-14(12)24;/h8,11,18,26-27H,2-7,9-10H2,1H3,(H-,24,25);1H3/q;-1/p+1/t18-,19-,20-,21-,22+;/m0./s1. The van der Waals surface area contributed by atoms with Gasteiger partial charge in [0.15, 0.2) is 29.0 Å². The van der Waals surface area contributed by atoms with Gasteiger partial charge in [-0.15, -0.1) is 0 Å². The summed E-state index contributed by atoms with van der Waals surface area (Å²) < 4.78 is 6.27. The summed E-state index contributed by atoms with van der Waals surface area (Å²) in [6.45, 7) is 1.38. The number of ether oxygens (including phenoxy) is 1. The van der Waals surface area contributed by atoms with E-state index in [0.29, 0.717) is 34.5 Å². The summed E-state index contributed by atoms with van der Waals surface area (Å²) in [4.78, 5) is 12.8. The predicted octanol–water partition coefficient (Wildman–Crippen LogP) is 1.15. The lowest BCUT2D eigenvalue weighted by Gasteiger charge is -2.67. The SMILES string of the molecule is C[N@+]1(CC2CC2)CC[C@]23c4c5c(O)cc(O)c4O[C@H]2C(=O)CC[C@@]3(O)[C@@]1(O)C5.[CH3-]. The van der Waals surface area contributed by atoms with E-state index in [2.05, 4.69) is 0 Å². The van der Waals surface area contributed by atoms with Gasteiger partial charge in [-0.05, 0) is 19.3 Å². The maximum absolute atomic E-state index is 12.8. The van der Waals surface area contributed by atoms with Crippen molar-refractivity contribution in [2.24, 2.45) is 5.92 Å². The van der Waals surface area contributed by atoms with Crippen molar-refractivity contribution in [3.63, 3.8) is 0 Å². The second kappa shape index (κ2) is 5.25.